The standard InChI is InChI=1S/C24H24NO2P/c26-28(19-12-2-1-3-13-19,25-18-10-4-5-11-18)27-24-22-16-8-6-14-20(22)21-15-7-9-17-23(21)24/h1-3,6-9,12-18,24H,4-5,10-11H2,(H,25,26)/t28-/m0/s1. The molecule has 0 aliphatic heterocycles. The maximum absolute atomic E-state index is 14.2. The molecule has 0 aromatic heterocycles. The van der Waals surface area contributed by atoms with Crippen molar-refractivity contribution < 1.29 is 9.09 Å². The Morgan fingerprint density at radius 1 is 0.750 bits per heavy atom. The molecule has 4 heteroatoms. The molecule has 0 saturated heterocycles. The number of fused-ring (bicyclic) bond motifs is 3. The van der Waals surface area contributed by atoms with Crippen molar-refractivity contribution in [3.05, 3.63) is 90.0 Å². The smallest absolute Gasteiger partial charge is 0.300 e. The Balaban J connectivity index is 1.57. The molecular formula is C24H24NO2P. The second-order valence-electron chi connectivity index (χ2n) is 7.66. The summed E-state index contributed by atoms with van der Waals surface area (Å²) in [6.07, 6.45) is 4.14. The summed E-state index contributed by atoms with van der Waals surface area (Å²) in [7, 11) is -3.23. The van der Waals surface area contributed by atoms with Crippen LogP contribution in [0.1, 0.15) is 42.9 Å². The Kier molecular flexibility index (Phi) is 4.68. The molecule has 1 fully saturated rings. The minimum atomic E-state index is -3.23. The molecule has 28 heavy (non-hydrogen) atoms. The van der Waals surface area contributed by atoms with Crippen LogP contribution >= 0.6 is 7.52 Å². The van der Waals surface area contributed by atoms with E-state index in [1.54, 1.807) is 0 Å². The van der Waals surface area contributed by atoms with E-state index >= 15 is 0 Å². The van der Waals surface area contributed by atoms with E-state index in [0.29, 0.717) is 0 Å². The van der Waals surface area contributed by atoms with E-state index in [9.17, 15) is 4.57 Å². The highest BCUT2D eigenvalue weighted by molar-refractivity contribution is 7.65. The van der Waals surface area contributed by atoms with Crippen molar-refractivity contribution in [3.63, 3.8) is 0 Å². The number of hydrogen-bond acceptors (Lipinski definition) is 2. The lowest BCUT2D eigenvalue weighted by Crippen LogP contribution is -2.30. The van der Waals surface area contributed by atoms with Crippen LogP contribution in [-0.2, 0) is 9.09 Å². The largest absolute Gasteiger partial charge is 0.301 e. The van der Waals surface area contributed by atoms with Crippen molar-refractivity contribution in [3.8, 4) is 11.1 Å². The molecule has 3 aromatic rings. The van der Waals surface area contributed by atoms with Crippen LogP contribution in [0.25, 0.3) is 11.1 Å². The van der Waals surface area contributed by atoms with Gasteiger partial charge in [-0.2, -0.15) is 0 Å². The summed E-state index contributed by atoms with van der Waals surface area (Å²) < 4.78 is 20.8. The van der Waals surface area contributed by atoms with Crippen molar-refractivity contribution >= 4 is 12.8 Å². The Morgan fingerprint density at radius 2 is 1.29 bits per heavy atom. The van der Waals surface area contributed by atoms with Gasteiger partial charge in [0, 0.05) is 6.04 Å². The van der Waals surface area contributed by atoms with Gasteiger partial charge in [-0.15, -0.1) is 0 Å². The van der Waals surface area contributed by atoms with Crippen molar-refractivity contribution in [2.45, 2.75) is 37.8 Å². The maximum atomic E-state index is 14.2. The van der Waals surface area contributed by atoms with Crippen LogP contribution in [0, 0.1) is 0 Å². The lowest BCUT2D eigenvalue weighted by molar-refractivity contribution is 0.249. The highest BCUT2D eigenvalue weighted by atomic mass is 31.2. The van der Waals surface area contributed by atoms with Gasteiger partial charge in [0.15, 0.2) is 0 Å². The molecule has 3 nitrogen and oxygen atoms in total. The average molecular weight is 389 g/mol. The monoisotopic (exact) mass is 389 g/mol. The van der Waals surface area contributed by atoms with E-state index in [1.165, 1.54) is 24.0 Å². The Labute approximate surface area is 166 Å². The third-order valence-corrected chi connectivity index (χ3v) is 8.03. The zero-order chi connectivity index (χ0) is 19.0. The van der Waals surface area contributed by atoms with E-state index < -0.39 is 7.52 Å². The van der Waals surface area contributed by atoms with Gasteiger partial charge in [-0.3, -0.25) is 4.57 Å². The quantitative estimate of drug-likeness (QED) is 0.559. The third-order valence-electron chi connectivity index (χ3n) is 5.83. The summed E-state index contributed by atoms with van der Waals surface area (Å²) in [6, 6.07) is 26.4. The molecule has 2 aliphatic rings. The van der Waals surface area contributed by atoms with Crippen molar-refractivity contribution in [2.75, 3.05) is 0 Å². The first-order valence-corrected chi connectivity index (χ1v) is 11.7. The van der Waals surface area contributed by atoms with Crippen LogP contribution in [0.15, 0.2) is 78.9 Å². The topological polar surface area (TPSA) is 38.3 Å². The Hall–Kier alpha value is -2.19. The van der Waals surface area contributed by atoms with Gasteiger partial charge in [0.1, 0.15) is 6.10 Å². The van der Waals surface area contributed by atoms with Gasteiger partial charge in [-0.25, -0.2) is 5.09 Å². The fourth-order valence-electron chi connectivity index (χ4n) is 4.46. The predicted molar refractivity (Wildman–Crippen MR) is 114 cm³/mol. The lowest BCUT2D eigenvalue weighted by Gasteiger charge is -2.27. The van der Waals surface area contributed by atoms with Crippen molar-refractivity contribution in [2.24, 2.45) is 0 Å². The molecule has 0 heterocycles. The second kappa shape index (κ2) is 7.33. The zero-order valence-corrected chi connectivity index (χ0v) is 16.6. The summed E-state index contributed by atoms with van der Waals surface area (Å²) >= 11 is 0. The van der Waals surface area contributed by atoms with Gasteiger partial charge < -0.3 is 4.52 Å². The minimum Gasteiger partial charge on any atom is -0.301 e. The van der Waals surface area contributed by atoms with Crippen LogP contribution in [0.4, 0.5) is 0 Å². The van der Waals surface area contributed by atoms with Crippen LogP contribution in [0.3, 0.4) is 0 Å². The van der Waals surface area contributed by atoms with E-state index in [0.717, 1.165) is 29.3 Å². The van der Waals surface area contributed by atoms with Gasteiger partial charge in [0.25, 0.3) is 0 Å². The van der Waals surface area contributed by atoms with E-state index in [1.807, 2.05) is 54.6 Å². The summed E-state index contributed by atoms with van der Waals surface area (Å²) in [5.41, 5.74) is 4.52. The molecule has 1 saturated carbocycles. The predicted octanol–water partition coefficient (Wildman–Crippen LogP) is 5.82. The molecule has 0 bridgehead atoms. The molecular weight excluding hydrogens is 365 g/mol. The second-order valence-corrected chi connectivity index (χ2v) is 9.75. The Morgan fingerprint density at radius 3 is 1.89 bits per heavy atom. The molecule has 1 atom stereocenters. The van der Waals surface area contributed by atoms with Gasteiger partial charge in [-0.05, 0) is 47.2 Å². The lowest BCUT2D eigenvalue weighted by atomic mass is 10.1. The molecule has 1 N–H and O–H groups in total. The fourth-order valence-corrected chi connectivity index (χ4v) is 6.62. The normalized spacial score (nSPS) is 18.6. The summed E-state index contributed by atoms with van der Waals surface area (Å²) in [5, 5.41) is 4.17. The first kappa shape index (κ1) is 17.9. The highest BCUT2D eigenvalue weighted by Crippen LogP contribution is 2.54. The van der Waals surface area contributed by atoms with Gasteiger partial charge in [-0.1, -0.05) is 79.6 Å². The van der Waals surface area contributed by atoms with Crippen LogP contribution in [0.5, 0.6) is 0 Å². The number of hydrogen-bond donors (Lipinski definition) is 1. The maximum Gasteiger partial charge on any atom is 0.300 e. The fraction of sp³-hybridized carbons (Fsp3) is 0.250. The third kappa shape index (κ3) is 3.14. The van der Waals surface area contributed by atoms with Gasteiger partial charge in [0.2, 0.25) is 0 Å². The number of nitrogens with one attached hydrogen (secondary N) is 1. The van der Waals surface area contributed by atoms with Gasteiger partial charge >= 0.3 is 7.52 Å². The molecule has 0 spiro atoms. The minimum absolute atomic E-state index is 0.248. The summed E-state index contributed by atoms with van der Waals surface area (Å²) in [6.45, 7) is 0. The number of benzene rings is 3. The van der Waals surface area contributed by atoms with E-state index in [4.69, 9.17) is 4.52 Å². The number of rotatable bonds is 5. The Bertz CT molecular complexity index is 982. The molecule has 0 amide bonds. The van der Waals surface area contributed by atoms with E-state index in [2.05, 4.69) is 29.4 Å². The molecule has 0 radical (unpaired) electrons. The van der Waals surface area contributed by atoms with Crippen LogP contribution < -0.4 is 10.4 Å². The van der Waals surface area contributed by atoms with Crippen LogP contribution in [-0.4, -0.2) is 6.04 Å². The first-order chi connectivity index (χ1) is 13.7. The molecule has 0 unspecified atom stereocenters. The van der Waals surface area contributed by atoms with Crippen molar-refractivity contribution in [1.29, 1.82) is 0 Å². The molecule has 2 aliphatic carbocycles. The van der Waals surface area contributed by atoms with E-state index in [-0.39, 0.29) is 12.1 Å². The molecule has 3 aromatic carbocycles. The SMILES string of the molecule is O=[P@](NC1CCCC1)(OC1c2ccccc2-c2ccccc21)c1ccccc1. The highest BCUT2D eigenvalue weighted by Gasteiger charge is 2.38. The molecule has 5 rings (SSSR count). The van der Waals surface area contributed by atoms with Crippen LogP contribution in [0.2, 0.25) is 0 Å². The summed E-state index contributed by atoms with van der Waals surface area (Å²) in [5.74, 6) is 0. The molecule has 142 valence electrons. The zero-order valence-electron chi connectivity index (χ0n) is 15.8. The van der Waals surface area contributed by atoms with Gasteiger partial charge in [0.05, 0.1) is 5.30 Å². The van der Waals surface area contributed by atoms with Crippen molar-refractivity contribution in [1.82, 2.24) is 5.09 Å². The average Bonchev–Trinajstić information content (AvgIpc) is 3.36. The summed E-state index contributed by atoms with van der Waals surface area (Å²) in [4.78, 5) is 0. The first-order valence-electron chi connectivity index (χ1n) is 10.0.